The summed E-state index contributed by atoms with van der Waals surface area (Å²) in [5.41, 5.74) is 1.01. The number of carbonyl (C=O) groups excluding carboxylic acids is 1. The van der Waals surface area contributed by atoms with Gasteiger partial charge in [0.1, 0.15) is 12.4 Å². The fourth-order valence-corrected chi connectivity index (χ4v) is 1.73. The molecule has 20 heavy (non-hydrogen) atoms. The van der Waals surface area contributed by atoms with Crippen molar-refractivity contribution >= 4 is 5.97 Å². The van der Waals surface area contributed by atoms with Gasteiger partial charge >= 0.3 is 5.97 Å². The lowest BCUT2D eigenvalue weighted by Crippen LogP contribution is -2.06. The first-order valence-corrected chi connectivity index (χ1v) is 6.21. The molecule has 0 amide bonds. The fourth-order valence-electron chi connectivity index (χ4n) is 1.73. The number of halogens is 1. The summed E-state index contributed by atoms with van der Waals surface area (Å²) in [6, 6.07) is 15.2. The zero-order chi connectivity index (χ0) is 14.4. The van der Waals surface area contributed by atoms with Gasteiger partial charge in [0.15, 0.2) is 6.17 Å². The van der Waals surface area contributed by atoms with Crippen molar-refractivity contribution in [1.82, 2.24) is 0 Å². The van der Waals surface area contributed by atoms with Crippen molar-refractivity contribution in [3.8, 4) is 5.75 Å². The molecule has 0 aliphatic rings. The van der Waals surface area contributed by atoms with Crippen LogP contribution in [0.4, 0.5) is 4.39 Å². The van der Waals surface area contributed by atoms with Crippen LogP contribution in [0.2, 0.25) is 0 Å². The van der Waals surface area contributed by atoms with E-state index in [2.05, 4.69) is 4.74 Å². The van der Waals surface area contributed by atoms with Crippen molar-refractivity contribution < 1.29 is 18.7 Å². The Morgan fingerprint density at radius 3 is 2.35 bits per heavy atom. The molecule has 0 heterocycles. The number of hydrogen-bond acceptors (Lipinski definition) is 3. The van der Waals surface area contributed by atoms with Crippen molar-refractivity contribution in [2.45, 2.75) is 6.17 Å². The summed E-state index contributed by atoms with van der Waals surface area (Å²) in [4.78, 5) is 11.3. The minimum absolute atomic E-state index is 0.0679. The number of ether oxygens (including phenoxy) is 2. The Morgan fingerprint density at radius 2 is 1.75 bits per heavy atom. The van der Waals surface area contributed by atoms with Crippen LogP contribution in [0.5, 0.6) is 5.75 Å². The topological polar surface area (TPSA) is 35.5 Å². The summed E-state index contributed by atoms with van der Waals surface area (Å²) in [6.07, 6.45) is -1.18. The Hall–Kier alpha value is -2.36. The minimum atomic E-state index is -1.18. The summed E-state index contributed by atoms with van der Waals surface area (Å²) in [7, 11) is 1.32. The highest BCUT2D eigenvalue weighted by Gasteiger charge is 2.10. The molecule has 4 heteroatoms. The van der Waals surface area contributed by atoms with Gasteiger partial charge in [-0.3, -0.25) is 0 Å². The second-order valence-electron chi connectivity index (χ2n) is 4.21. The third-order valence-corrected chi connectivity index (χ3v) is 2.83. The van der Waals surface area contributed by atoms with E-state index in [0.29, 0.717) is 16.9 Å². The number of carbonyl (C=O) groups is 1. The zero-order valence-corrected chi connectivity index (χ0v) is 11.1. The molecular formula is C16H15FO3. The maximum atomic E-state index is 13.9. The molecule has 0 fully saturated rings. The number of alkyl halides is 1. The van der Waals surface area contributed by atoms with Crippen molar-refractivity contribution in [2.24, 2.45) is 0 Å². The van der Waals surface area contributed by atoms with E-state index in [4.69, 9.17) is 4.74 Å². The SMILES string of the molecule is COC(=O)c1ccc(OCC(F)c2ccccc2)cc1. The number of esters is 1. The van der Waals surface area contributed by atoms with Gasteiger partial charge in [-0.1, -0.05) is 30.3 Å². The molecule has 2 aromatic carbocycles. The molecule has 0 saturated heterocycles. The molecule has 0 N–H and O–H groups in total. The monoisotopic (exact) mass is 274 g/mol. The number of hydrogen-bond donors (Lipinski definition) is 0. The Morgan fingerprint density at radius 1 is 1.10 bits per heavy atom. The Kier molecular flexibility index (Phi) is 4.71. The van der Waals surface area contributed by atoms with Crippen molar-refractivity contribution in [1.29, 1.82) is 0 Å². The largest absolute Gasteiger partial charge is 0.490 e. The van der Waals surface area contributed by atoms with Crippen molar-refractivity contribution in [3.05, 3.63) is 65.7 Å². The van der Waals surface area contributed by atoms with Crippen LogP contribution in [0.25, 0.3) is 0 Å². The highest BCUT2D eigenvalue weighted by atomic mass is 19.1. The number of benzene rings is 2. The van der Waals surface area contributed by atoms with E-state index in [1.54, 1.807) is 48.5 Å². The summed E-state index contributed by atoms with van der Waals surface area (Å²) in [5.74, 6) is 0.0976. The van der Waals surface area contributed by atoms with Crippen LogP contribution in [0.3, 0.4) is 0 Å². The highest BCUT2D eigenvalue weighted by Crippen LogP contribution is 2.20. The van der Waals surface area contributed by atoms with E-state index in [0.717, 1.165) is 0 Å². The first-order chi connectivity index (χ1) is 9.70. The van der Waals surface area contributed by atoms with Crippen LogP contribution < -0.4 is 4.74 Å². The Balaban J connectivity index is 1.93. The maximum Gasteiger partial charge on any atom is 0.337 e. The Labute approximate surface area is 117 Å². The molecule has 0 aromatic heterocycles. The quantitative estimate of drug-likeness (QED) is 0.782. The van der Waals surface area contributed by atoms with E-state index in [1.165, 1.54) is 7.11 Å². The average Bonchev–Trinajstić information content (AvgIpc) is 2.53. The van der Waals surface area contributed by atoms with Crippen LogP contribution in [0, 0.1) is 0 Å². The Bertz CT molecular complexity index is 552. The van der Waals surface area contributed by atoms with Crippen LogP contribution in [0.15, 0.2) is 54.6 Å². The second kappa shape index (κ2) is 6.70. The molecule has 1 atom stereocenters. The third kappa shape index (κ3) is 3.57. The van der Waals surface area contributed by atoms with Gasteiger partial charge in [-0.2, -0.15) is 0 Å². The van der Waals surface area contributed by atoms with Crippen LogP contribution >= 0.6 is 0 Å². The minimum Gasteiger partial charge on any atom is -0.490 e. The van der Waals surface area contributed by atoms with Gasteiger partial charge in [0.05, 0.1) is 12.7 Å². The first-order valence-electron chi connectivity index (χ1n) is 6.21. The first kappa shape index (κ1) is 14.1. The molecule has 1 unspecified atom stereocenters. The van der Waals surface area contributed by atoms with E-state index >= 15 is 0 Å². The second-order valence-corrected chi connectivity index (χ2v) is 4.21. The van der Waals surface area contributed by atoms with E-state index in [-0.39, 0.29) is 6.61 Å². The van der Waals surface area contributed by atoms with Crippen LogP contribution in [-0.4, -0.2) is 19.7 Å². The third-order valence-electron chi connectivity index (χ3n) is 2.83. The van der Waals surface area contributed by atoms with Gasteiger partial charge in [-0.15, -0.1) is 0 Å². The molecule has 104 valence electrons. The molecule has 0 spiro atoms. The zero-order valence-electron chi connectivity index (χ0n) is 11.1. The number of methoxy groups -OCH3 is 1. The van der Waals surface area contributed by atoms with Crippen molar-refractivity contribution in [3.63, 3.8) is 0 Å². The standard InChI is InChI=1S/C16H15FO3/c1-19-16(18)13-7-9-14(10-8-13)20-11-15(17)12-5-3-2-4-6-12/h2-10,15H,11H2,1H3. The fraction of sp³-hybridized carbons (Fsp3) is 0.188. The smallest absolute Gasteiger partial charge is 0.337 e. The number of rotatable bonds is 5. The van der Waals surface area contributed by atoms with Gasteiger partial charge in [0.25, 0.3) is 0 Å². The molecule has 0 aliphatic heterocycles. The van der Waals surface area contributed by atoms with Gasteiger partial charge in [0.2, 0.25) is 0 Å². The molecule has 0 bridgehead atoms. The normalized spacial score (nSPS) is 11.7. The van der Waals surface area contributed by atoms with Gasteiger partial charge in [-0.05, 0) is 29.8 Å². The van der Waals surface area contributed by atoms with Gasteiger partial charge < -0.3 is 9.47 Å². The molecular weight excluding hydrogens is 259 g/mol. The predicted molar refractivity (Wildman–Crippen MR) is 73.6 cm³/mol. The lowest BCUT2D eigenvalue weighted by Gasteiger charge is -2.11. The van der Waals surface area contributed by atoms with E-state index in [1.807, 2.05) is 6.07 Å². The summed E-state index contributed by atoms with van der Waals surface area (Å²) in [5, 5.41) is 0. The average molecular weight is 274 g/mol. The van der Waals surface area contributed by atoms with Crippen LogP contribution in [-0.2, 0) is 4.74 Å². The summed E-state index contributed by atoms with van der Waals surface area (Å²) >= 11 is 0. The van der Waals surface area contributed by atoms with Crippen molar-refractivity contribution in [2.75, 3.05) is 13.7 Å². The van der Waals surface area contributed by atoms with Gasteiger partial charge in [0, 0.05) is 0 Å². The van der Waals surface area contributed by atoms with E-state index < -0.39 is 12.1 Å². The molecule has 2 aromatic rings. The molecule has 2 rings (SSSR count). The predicted octanol–water partition coefficient (Wildman–Crippen LogP) is 3.56. The molecule has 0 aliphatic carbocycles. The highest BCUT2D eigenvalue weighted by molar-refractivity contribution is 5.89. The maximum absolute atomic E-state index is 13.9. The van der Waals surface area contributed by atoms with Crippen LogP contribution in [0.1, 0.15) is 22.1 Å². The summed E-state index contributed by atoms with van der Waals surface area (Å²) < 4.78 is 23.8. The lowest BCUT2D eigenvalue weighted by molar-refractivity contribution is 0.0600. The summed E-state index contributed by atoms with van der Waals surface area (Å²) in [6.45, 7) is -0.0679. The molecule has 3 nitrogen and oxygen atoms in total. The van der Waals surface area contributed by atoms with E-state index in [9.17, 15) is 9.18 Å². The van der Waals surface area contributed by atoms with Gasteiger partial charge in [-0.25, -0.2) is 9.18 Å². The lowest BCUT2D eigenvalue weighted by atomic mass is 10.1. The molecule has 0 radical (unpaired) electrons. The molecule has 0 saturated carbocycles.